The number of piperidine rings is 1. The minimum absolute atomic E-state index is 0.0202. The first-order chi connectivity index (χ1) is 11.3. The molecule has 2 amide bonds. The van der Waals surface area contributed by atoms with Crippen molar-refractivity contribution in [1.29, 1.82) is 0 Å². The van der Waals surface area contributed by atoms with Crippen LogP contribution in [0.2, 0.25) is 0 Å². The molecule has 1 saturated heterocycles. The van der Waals surface area contributed by atoms with Gasteiger partial charge in [-0.2, -0.15) is 0 Å². The van der Waals surface area contributed by atoms with Gasteiger partial charge in [0.05, 0.1) is 0 Å². The van der Waals surface area contributed by atoms with Gasteiger partial charge in [-0.05, 0) is 51.3 Å². The van der Waals surface area contributed by atoms with Gasteiger partial charge < -0.3 is 15.0 Å². The van der Waals surface area contributed by atoms with Gasteiger partial charge in [-0.3, -0.25) is 4.79 Å². The third kappa shape index (κ3) is 5.41. The quantitative estimate of drug-likeness (QED) is 0.846. The summed E-state index contributed by atoms with van der Waals surface area (Å²) in [7, 11) is 0. The Morgan fingerprint density at radius 1 is 1.21 bits per heavy atom. The molecule has 1 fully saturated rings. The first-order valence-corrected chi connectivity index (χ1v) is 8.75. The molecule has 24 heavy (non-hydrogen) atoms. The first-order valence-electron chi connectivity index (χ1n) is 8.22. The Morgan fingerprint density at radius 2 is 1.79 bits per heavy atom. The van der Waals surface area contributed by atoms with Gasteiger partial charge in [-0.25, -0.2) is 4.79 Å². The van der Waals surface area contributed by atoms with E-state index in [1.807, 2.05) is 49.9 Å². The molecule has 1 aliphatic heterocycles. The van der Waals surface area contributed by atoms with Crippen LogP contribution in [0.15, 0.2) is 24.3 Å². The van der Waals surface area contributed by atoms with Gasteiger partial charge in [-0.15, -0.1) is 11.6 Å². The second kappa shape index (κ2) is 7.88. The van der Waals surface area contributed by atoms with E-state index in [4.69, 9.17) is 16.3 Å². The van der Waals surface area contributed by atoms with Crippen LogP contribution in [0.4, 0.5) is 4.79 Å². The fraction of sp³-hybridized carbons (Fsp3) is 0.556. The van der Waals surface area contributed by atoms with Crippen LogP contribution < -0.4 is 5.32 Å². The molecule has 1 aromatic carbocycles. The lowest BCUT2D eigenvalue weighted by Crippen LogP contribution is -2.47. The molecule has 1 aliphatic rings. The Kier molecular flexibility index (Phi) is 6.10. The summed E-state index contributed by atoms with van der Waals surface area (Å²) in [6.07, 6.45) is 1.05. The number of alkyl halides is 1. The number of ether oxygens (including phenoxy) is 1. The van der Waals surface area contributed by atoms with E-state index in [1.54, 1.807) is 0 Å². The lowest BCUT2D eigenvalue weighted by atomic mass is 10.0. The van der Waals surface area contributed by atoms with Crippen molar-refractivity contribution >= 4 is 23.6 Å². The first kappa shape index (κ1) is 18.6. The Bertz CT molecular complexity index is 573. The number of carbonyl (C=O) groups is 2. The number of benzene rings is 1. The van der Waals surface area contributed by atoms with Crippen LogP contribution in [0.1, 0.15) is 49.5 Å². The lowest BCUT2D eigenvalue weighted by molar-refractivity contribution is 0.0473. The predicted molar refractivity (Wildman–Crippen MR) is 94.3 cm³/mol. The van der Waals surface area contributed by atoms with Crippen molar-refractivity contribution in [3.63, 3.8) is 0 Å². The van der Waals surface area contributed by atoms with Crippen molar-refractivity contribution in [3.05, 3.63) is 35.4 Å². The van der Waals surface area contributed by atoms with Gasteiger partial charge in [0.2, 0.25) is 0 Å². The number of carbonyl (C=O) groups excluding carboxylic acids is 2. The highest BCUT2D eigenvalue weighted by Crippen LogP contribution is 2.16. The third-order valence-electron chi connectivity index (χ3n) is 3.86. The normalized spacial score (nSPS) is 15.9. The van der Waals surface area contributed by atoms with E-state index in [2.05, 4.69) is 5.32 Å². The van der Waals surface area contributed by atoms with Crippen LogP contribution in [-0.4, -0.2) is 41.6 Å². The molecule has 1 aromatic rings. The molecule has 2 rings (SSSR count). The smallest absolute Gasteiger partial charge is 0.407 e. The molecule has 5 nitrogen and oxygen atoms in total. The third-order valence-corrected chi connectivity index (χ3v) is 4.17. The van der Waals surface area contributed by atoms with Gasteiger partial charge in [0.25, 0.3) is 5.91 Å². The molecule has 1 N–H and O–H groups in total. The summed E-state index contributed by atoms with van der Waals surface area (Å²) < 4.78 is 5.26. The Hall–Kier alpha value is -1.75. The maximum absolute atomic E-state index is 12.5. The van der Waals surface area contributed by atoms with Crippen LogP contribution in [0, 0.1) is 0 Å². The maximum atomic E-state index is 12.5. The molecular formula is C18H25ClN2O3. The monoisotopic (exact) mass is 352 g/mol. The second-order valence-electron chi connectivity index (χ2n) is 7.04. The van der Waals surface area contributed by atoms with Crippen LogP contribution in [-0.2, 0) is 10.6 Å². The van der Waals surface area contributed by atoms with Crippen molar-refractivity contribution in [1.82, 2.24) is 10.2 Å². The molecule has 0 radical (unpaired) electrons. The summed E-state index contributed by atoms with van der Waals surface area (Å²) in [5.74, 6) is 0.461. The van der Waals surface area contributed by atoms with Gasteiger partial charge in [0, 0.05) is 30.6 Å². The van der Waals surface area contributed by atoms with E-state index >= 15 is 0 Å². The van der Waals surface area contributed by atoms with E-state index in [-0.39, 0.29) is 11.9 Å². The van der Waals surface area contributed by atoms with Crippen molar-refractivity contribution in [2.45, 2.75) is 51.1 Å². The summed E-state index contributed by atoms with van der Waals surface area (Å²) in [4.78, 5) is 26.1. The lowest BCUT2D eigenvalue weighted by Gasteiger charge is -2.33. The van der Waals surface area contributed by atoms with E-state index in [1.165, 1.54) is 0 Å². The molecule has 0 unspecified atom stereocenters. The van der Waals surface area contributed by atoms with Gasteiger partial charge in [-0.1, -0.05) is 12.1 Å². The summed E-state index contributed by atoms with van der Waals surface area (Å²) in [6, 6.07) is 7.41. The number of alkyl carbamates (subject to hydrolysis) is 1. The highest BCUT2D eigenvalue weighted by atomic mass is 35.5. The summed E-state index contributed by atoms with van der Waals surface area (Å²) in [5.41, 5.74) is 1.16. The number of amides is 2. The van der Waals surface area contributed by atoms with Gasteiger partial charge >= 0.3 is 6.09 Å². The molecule has 0 aromatic heterocycles. The zero-order valence-corrected chi connectivity index (χ0v) is 15.2. The summed E-state index contributed by atoms with van der Waals surface area (Å²) in [6.45, 7) is 6.75. The molecular weight excluding hydrogens is 328 g/mol. The number of hydrogen-bond donors (Lipinski definition) is 1. The Balaban J connectivity index is 1.83. The topological polar surface area (TPSA) is 58.6 Å². The number of halogens is 1. The maximum Gasteiger partial charge on any atom is 0.407 e. The van der Waals surface area contributed by atoms with Crippen LogP contribution in [0.25, 0.3) is 0 Å². The highest BCUT2D eigenvalue weighted by Gasteiger charge is 2.26. The van der Waals surface area contributed by atoms with E-state index < -0.39 is 11.7 Å². The van der Waals surface area contributed by atoms with Gasteiger partial charge in [0.1, 0.15) is 5.60 Å². The van der Waals surface area contributed by atoms with Crippen LogP contribution >= 0.6 is 11.6 Å². The highest BCUT2D eigenvalue weighted by molar-refractivity contribution is 6.17. The largest absolute Gasteiger partial charge is 0.444 e. The van der Waals surface area contributed by atoms with Crippen LogP contribution in [0.5, 0.6) is 0 Å². The zero-order valence-electron chi connectivity index (χ0n) is 14.5. The number of likely N-dealkylation sites (tertiary alicyclic amines) is 1. The molecule has 0 bridgehead atoms. The number of nitrogens with zero attached hydrogens (tertiary/aromatic N) is 1. The van der Waals surface area contributed by atoms with E-state index in [0.29, 0.717) is 24.5 Å². The van der Waals surface area contributed by atoms with Crippen LogP contribution in [0.3, 0.4) is 0 Å². The fourth-order valence-electron chi connectivity index (χ4n) is 2.62. The summed E-state index contributed by atoms with van der Waals surface area (Å²) in [5, 5.41) is 2.88. The molecule has 132 valence electrons. The van der Waals surface area contributed by atoms with Crippen molar-refractivity contribution in [2.24, 2.45) is 0 Å². The molecule has 0 spiro atoms. The average molecular weight is 353 g/mol. The fourth-order valence-corrected chi connectivity index (χ4v) is 2.80. The Labute approximate surface area is 148 Å². The molecule has 1 heterocycles. The summed E-state index contributed by atoms with van der Waals surface area (Å²) >= 11 is 5.77. The molecule has 0 aliphatic carbocycles. The average Bonchev–Trinajstić information content (AvgIpc) is 2.53. The molecule has 0 atom stereocenters. The SMILES string of the molecule is CC(C)(C)OC(=O)NC1CCN(C(=O)c2ccc(CCl)cc2)CC1. The number of hydrogen-bond acceptors (Lipinski definition) is 3. The van der Waals surface area contributed by atoms with Crippen molar-refractivity contribution in [3.8, 4) is 0 Å². The molecule has 0 saturated carbocycles. The standard InChI is InChI=1S/C18H25ClN2O3/c1-18(2,3)24-17(23)20-15-8-10-21(11-9-15)16(22)14-6-4-13(12-19)5-7-14/h4-7,15H,8-12H2,1-3H3,(H,20,23). The minimum Gasteiger partial charge on any atom is -0.444 e. The van der Waals surface area contributed by atoms with Gasteiger partial charge in [0.15, 0.2) is 0 Å². The predicted octanol–water partition coefficient (Wildman–Crippen LogP) is 3.55. The molecule has 6 heteroatoms. The number of nitrogens with one attached hydrogen (secondary N) is 1. The second-order valence-corrected chi connectivity index (χ2v) is 7.31. The zero-order chi connectivity index (χ0) is 17.7. The Morgan fingerprint density at radius 3 is 2.29 bits per heavy atom. The number of rotatable bonds is 3. The van der Waals surface area contributed by atoms with Crippen molar-refractivity contribution < 1.29 is 14.3 Å². The van der Waals surface area contributed by atoms with E-state index in [9.17, 15) is 9.59 Å². The minimum atomic E-state index is -0.504. The van der Waals surface area contributed by atoms with Crippen molar-refractivity contribution in [2.75, 3.05) is 13.1 Å². The van der Waals surface area contributed by atoms with E-state index in [0.717, 1.165) is 18.4 Å².